The molecule has 26 heavy (non-hydrogen) atoms. The average molecular weight is 353 g/mol. The molecule has 8 nitrogen and oxygen atoms in total. The number of ether oxygens (including phenoxy) is 3. The predicted molar refractivity (Wildman–Crippen MR) is 90.0 cm³/mol. The van der Waals surface area contributed by atoms with Crippen LogP contribution >= 0.6 is 0 Å². The molecule has 0 unspecified atom stereocenters. The monoisotopic (exact) mass is 353 g/mol. The van der Waals surface area contributed by atoms with E-state index in [1.54, 1.807) is 6.07 Å². The summed E-state index contributed by atoms with van der Waals surface area (Å²) in [6.45, 7) is 0.633. The fourth-order valence-corrected chi connectivity index (χ4v) is 2.42. The molecular formula is C18H15N3O5. The van der Waals surface area contributed by atoms with Gasteiger partial charge in [-0.2, -0.15) is 4.98 Å². The summed E-state index contributed by atoms with van der Waals surface area (Å²) in [6.07, 6.45) is 0. The second kappa shape index (κ2) is 6.75. The summed E-state index contributed by atoms with van der Waals surface area (Å²) in [7, 11) is 1.50. The normalized spacial score (nSPS) is 12.0. The molecule has 0 fully saturated rings. The minimum absolute atomic E-state index is 0.0716. The molecule has 0 saturated carbocycles. The minimum Gasteiger partial charge on any atom is -0.489 e. The van der Waals surface area contributed by atoms with Crippen molar-refractivity contribution >= 4 is 5.91 Å². The number of nitrogens with one attached hydrogen (secondary N) is 1. The standard InChI is InChI=1S/C18H15N3O5/c1-19-17(22)18-20-16(21-26-18)12-4-2-11(3-5-12)9-23-13-6-7-14-15(8-13)25-10-24-14/h2-8H,9-10H2,1H3,(H,19,22). The summed E-state index contributed by atoms with van der Waals surface area (Å²) in [5.74, 6) is 1.97. The minimum atomic E-state index is -0.419. The van der Waals surface area contributed by atoms with E-state index in [4.69, 9.17) is 18.7 Å². The van der Waals surface area contributed by atoms with Crippen LogP contribution in [0.3, 0.4) is 0 Å². The number of hydrogen-bond donors (Lipinski definition) is 1. The van der Waals surface area contributed by atoms with E-state index in [-0.39, 0.29) is 12.7 Å². The van der Waals surface area contributed by atoms with Crippen molar-refractivity contribution in [3.63, 3.8) is 0 Å². The third kappa shape index (κ3) is 3.16. The molecule has 1 N–H and O–H groups in total. The highest BCUT2D eigenvalue weighted by Gasteiger charge is 2.15. The Morgan fingerprint density at radius 1 is 1.15 bits per heavy atom. The Kier molecular flexibility index (Phi) is 4.14. The second-order valence-electron chi connectivity index (χ2n) is 5.50. The molecule has 4 rings (SSSR count). The van der Waals surface area contributed by atoms with E-state index >= 15 is 0 Å². The van der Waals surface area contributed by atoms with E-state index < -0.39 is 5.91 Å². The van der Waals surface area contributed by atoms with Crippen molar-refractivity contribution in [1.29, 1.82) is 0 Å². The summed E-state index contributed by atoms with van der Waals surface area (Å²) in [4.78, 5) is 15.5. The van der Waals surface area contributed by atoms with Crippen molar-refractivity contribution in [2.24, 2.45) is 0 Å². The van der Waals surface area contributed by atoms with E-state index in [1.165, 1.54) is 7.05 Å². The first-order valence-corrected chi connectivity index (χ1v) is 7.90. The summed E-state index contributed by atoms with van der Waals surface area (Å²) >= 11 is 0. The molecule has 3 aromatic rings. The van der Waals surface area contributed by atoms with Crippen molar-refractivity contribution in [2.75, 3.05) is 13.8 Å². The Labute approximate surface area is 148 Å². The van der Waals surface area contributed by atoms with E-state index in [9.17, 15) is 4.79 Å². The molecular weight excluding hydrogens is 338 g/mol. The highest BCUT2D eigenvalue weighted by Crippen LogP contribution is 2.35. The van der Waals surface area contributed by atoms with Gasteiger partial charge < -0.3 is 24.1 Å². The van der Waals surface area contributed by atoms with Crippen LogP contribution in [-0.4, -0.2) is 29.9 Å². The van der Waals surface area contributed by atoms with Gasteiger partial charge in [-0.15, -0.1) is 0 Å². The number of hydrogen-bond acceptors (Lipinski definition) is 7. The lowest BCUT2D eigenvalue weighted by atomic mass is 10.1. The maximum absolute atomic E-state index is 11.5. The zero-order valence-electron chi connectivity index (χ0n) is 13.9. The number of carbonyl (C=O) groups is 1. The number of rotatable bonds is 5. The number of benzene rings is 2. The van der Waals surface area contributed by atoms with Crippen molar-refractivity contribution in [1.82, 2.24) is 15.5 Å². The molecule has 8 heteroatoms. The van der Waals surface area contributed by atoms with Crippen LogP contribution in [0.4, 0.5) is 0 Å². The summed E-state index contributed by atoms with van der Waals surface area (Å²) in [6, 6.07) is 12.9. The first-order chi connectivity index (χ1) is 12.7. The van der Waals surface area contributed by atoms with Crippen molar-refractivity contribution in [3.8, 4) is 28.6 Å². The summed E-state index contributed by atoms with van der Waals surface area (Å²) in [5.41, 5.74) is 1.72. The molecule has 0 bridgehead atoms. The van der Waals surface area contributed by atoms with Crippen LogP contribution in [0.1, 0.15) is 16.2 Å². The van der Waals surface area contributed by atoms with Gasteiger partial charge in [0.1, 0.15) is 12.4 Å². The van der Waals surface area contributed by atoms with Gasteiger partial charge in [-0.05, 0) is 17.7 Å². The maximum Gasteiger partial charge on any atom is 0.316 e. The number of aromatic nitrogens is 2. The van der Waals surface area contributed by atoms with Crippen LogP contribution < -0.4 is 19.5 Å². The van der Waals surface area contributed by atoms with Crippen LogP contribution in [0.25, 0.3) is 11.4 Å². The molecule has 1 aliphatic rings. The highest BCUT2D eigenvalue weighted by atomic mass is 16.7. The van der Waals surface area contributed by atoms with E-state index in [2.05, 4.69) is 15.5 Å². The van der Waals surface area contributed by atoms with Gasteiger partial charge in [0.15, 0.2) is 11.5 Å². The number of fused-ring (bicyclic) bond motifs is 1. The van der Waals surface area contributed by atoms with E-state index in [0.717, 1.165) is 16.9 Å². The fourth-order valence-electron chi connectivity index (χ4n) is 2.42. The predicted octanol–water partition coefficient (Wildman–Crippen LogP) is 2.40. The number of amides is 1. The lowest BCUT2D eigenvalue weighted by Crippen LogP contribution is -2.17. The molecule has 0 radical (unpaired) electrons. The molecule has 132 valence electrons. The van der Waals surface area contributed by atoms with Crippen molar-refractivity contribution < 1.29 is 23.5 Å². The Morgan fingerprint density at radius 2 is 1.96 bits per heavy atom. The first kappa shape index (κ1) is 15.9. The number of carbonyl (C=O) groups excluding carboxylic acids is 1. The zero-order valence-corrected chi connectivity index (χ0v) is 13.9. The molecule has 1 aromatic heterocycles. The molecule has 0 saturated heterocycles. The maximum atomic E-state index is 11.5. The third-order valence-electron chi connectivity index (χ3n) is 3.81. The van der Waals surface area contributed by atoms with Crippen LogP contribution in [0.5, 0.6) is 17.2 Å². The molecule has 0 spiro atoms. The van der Waals surface area contributed by atoms with Crippen LogP contribution in [0.15, 0.2) is 47.0 Å². The Morgan fingerprint density at radius 3 is 2.77 bits per heavy atom. The van der Waals surface area contributed by atoms with Crippen LogP contribution in [-0.2, 0) is 6.61 Å². The van der Waals surface area contributed by atoms with Gasteiger partial charge in [0.25, 0.3) is 0 Å². The van der Waals surface area contributed by atoms with Crippen LogP contribution in [0.2, 0.25) is 0 Å². The van der Waals surface area contributed by atoms with E-state index in [1.807, 2.05) is 36.4 Å². The van der Waals surface area contributed by atoms with E-state index in [0.29, 0.717) is 23.9 Å². The van der Waals surface area contributed by atoms with Gasteiger partial charge in [0.05, 0.1) is 0 Å². The van der Waals surface area contributed by atoms with Crippen molar-refractivity contribution in [2.45, 2.75) is 6.61 Å². The van der Waals surface area contributed by atoms with Gasteiger partial charge in [-0.25, -0.2) is 0 Å². The van der Waals surface area contributed by atoms with Gasteiger partial charge in [0.2, 0.25) is 12.6 Å². The lowest BCUT2D eigenvalue weighted by molar-refractivity contribution is 0.0919. The largest absolute Gasteiger partial charge is 0.489 e. The number of nitrogens with zero attached hydrogens (tertiary/aromatic N) is 2. The third-order valence-corrected chi connectivity index (χ3v) is 3.81. The second-order valence-corrected chi connectivity index (χ2v) is 5.50. The SMILES string of the molecule is CNC(=O)c1nc(-c2ccc(COc3ccc4c(c3)OCO4)cc2)no1. The van der Waals surface area contributed by atoms with Gasteiger partial charge >= 0.3 is 11.8 Å². The summed E-state index contributed by atoms with van der Waals surface area (Å²) in [5, 5.41) is 6.24. The molecule has 0 atom stereocenters. The Balaban J connectivity index is 1.41. The Hall–Kier alpha value is -3.55. The summed E-state index contributed by atoms with van der Waals surface area (Å²) < 4.78 is 21.3. The van der Waals surface area contributed by atoms with Crippen molar-refractivity contribution in [3.05, 3.63) is 53.9 Å². The van der Waals surface area contributed by atoms with Gasteiger partial charge in [-0.3, -0.25) is 4.79 Å². The smallest absolute Gasteiger partial charge is 0.316 e. The Bertz CT molecular complexity index is 936. The van der Waals surface area contributed by atoms with Gasteiger partial charge in [0, 0.05) is 18.7 Å². The average Bonchev–Trinajstić information content (AvgIpc) is 3.35. The molecule has 2 heterocycles. The molecule has 1 amide bonds. The molecule has 0 aliphatic carbocycles. The molecule has 2 aromatic carbocycles. The fraction of sp³-hybridized carbons (Fsp3) is 0.167. The lowest BCUT2D eigenvalue weighted by Gasteiger charge is -2.07. The topological polar surface area (TPSA) is 95.7 Å². The van der Waals surface area contributed by atoms with Gasteiger partial charge in [-0.1, -0.05) is 29.4 Å². The first-order valence-electron chi connectivity index (χ1n) is 7.90. The quantitative estimate of drug-likeness (QED) is 0.752. The zero-order chi connectivity index (χ0) is 17.9. The van der Waals surface area contributed by atoms with Crippen LogP contribution in [0, 0.1) is 0 Å². The molecule has 1 aliphatic heterocycles. The highest BCUT2D eigenvalue weighted by molar-refractivity contribution is 5.89.